The van der Waals surface area contributed by atoms with Crippen LogP contribution in [-0.2, 0) is 6.61 Å². The van der Waals surface area contributed by atoms with E-state index in [0.717, 1.165) is 6.07 Å². The van der Waals surface area contributed by atoms with Gasteiger partial charge in [-0.1, -0.05) is 15.9 Å². The molecule has 0 aliphatic heterocycles. The second-order valence-corrected chi connectivity index (χ2v) is 3.21. The first-order chi connectivity index (χ1) is 6.06. The number of nitrogen functional groups attached to an aromatic ring is 1. The van der Waals surface area contributed by atoms with Gasteiger partial charge in [0.15, 0.2) is 0 Å². The summed E-state index contributed by atoms with van der Waals surface area (Å²) >= 11 is 3.01. The molecular weight excluding hydrogens is 246 g/mol. The van der Waals surface area contributed by atoms with Crippen molar-refractivity contribution in [2.75, 3.05) is 5.73 Å². The molecule has 3 N–H and O–H groups in total. The minimum Gasteiger partial charge on any atom is -0.391 e. The zero-order valence-corrected chi connectivity index (χ0v) is 8.05. The number of aliphatic hydroxyl groups is 1. The Morgan fingerprint density at radius 3 is 2.62 bits per heavy atom. The number of anilines is 1. The molecule has 6 heteroatoms. The molecule has 72 valence electrons. The molecule has 0 spiro atoms. The van der Waals surface area contributed by atoms with Gasteiger partial charge in [0, 0.05) is 10.0 Å². The molecule has 1 aromatic rings. The molecule has 1 aromatic heterocycles. The third kappa shape index (κ3) is 2.13. The quantitative estimate of drug-likeness (QED) is 0.845. The van der Waals surface area contributed by atoms with E-state index in [4.69, 9.17) is 10.8 Å². The fourth-order valence-electron chi connectivity index (χ4n) is 0.846. The molecule has 1 rings (SSSR count). The minimum atomic E-state index is -2.66. The number of halogens is 3. The van der Waals surface area contributed by atoms with Crippen LogP contribution >= 0.6 is 15.9 Å². The van der Waals surface area contributed by atoms with E-state index >= 15 is 0 Å². The van der Waals surface area contributed by atoms with E-state index in [2.05, 4.69) is 20.9 Å². The molecule has 1 heterocycles. The van der Waals surface area contributed by atoms with Gasteiger partial charge in [0.1, 0.15) is 11.5 Å². The van der Waals surface area contributed by atoms with E-state index in [1.165, 1.54) is 0 Å². The van der Waals surface area contributed by atoms with Crippen molar-refractivity contribution in [2.24, 2.45) is 0 Å². The Bertz CT molecular complexity index is 296. The van der Waals surface area contributed by atoms with E-state index in [9.17, 15) is 8.78 Å². The van der Waals surface area contributed by atoms with Gasteiger partial charge in [0.2, 0.25) is 0 Å². The number of aromatic nitrogens is 1. The van der Waals surface area contributed by atoms with Gasteiger partial charge in [-0.2, -0.15) is 0 Å². The van der Waals surface area contributed by atoms with Gasteiger partial charge in [-0.15, -0.1) is 0 Å². The Morgan fingerprint density at radius 1 is 1.62 bits per heavy atom. The van der Waals surface area contributed by atoms with E-state index in [-0.39, 0.29) is 12.4 Å². The smallest absolute Gasteiger partial charge is 0.280 e. The van der Waals surface area contributed by atoms with Crippen molar-refractivity contribution < 1.29 is 13.9 Å². The van der Waals surface area contributed by atoms with E-state index < -0.39 is 12.1 Å². The lowest BCUT2D eigenvalue weighted by molar-refractivity contribution is 0.146. The maximum Gasteiger partial charge on any atom is 0.280 e. The predicted octanol–water partition coefficient (Wildman–Crippen LogP) is 1.86. The van der Waals surface area contributed by atoms with Gasteiger partial charge in [-0.05, 0) is 6.07 Å². The van der Waals surface area contributed by atoms with Crippen molar-refractivity contribution in [3.8, 4) is 0 Å². The Balaban J connectivity index is 3.20. The van der Waals surface area contributed by atoms with Crippen molar-refractivity contribution in [1.82, 2.24) is 4.98 Å². The van der Waals surface area contributed by atoms with Crippen LogP contribution in [0.4, 0.5) is 14.6 Å². The highest BCUT2D eigenvalue weighted by Gasteiger charge is 2.13. The average molecular weight is 253 g/mol. The van der Waals surface area contributed by atoms with E-state index in [0.29, 0.717) is 10.0 Å². The van der Waals surface area contributed by atoms with Crippen molar-refractivity contribution in [3.63, 3.8) is 0 Å². The number of pyridine rings is 1. The van der Waals surface area contributed by atoms with Crippen LogP contribution in [0.1, 0.15) is 17.7 Å². The fraction of sp³-hybridized carbons (Fsp3) is 0.286. The number of hydrogen-bond acceptors (Lipinski definition) is 3. The lowest BCUT2D eigenvalue weighted by Crippen LogP contribution is -2.02. The van der Waals surface area contributed by atoms with Crippen molar-refractivity contribution in [3.05, 3.63) is 21.8 Å². The zero-order valence-electron chi connectivity index (χ0n) is 6.47. The van der Waals surface area contributed by atoms with Crippen LogP contribution in [0.15, 0.2) is 10.5 Å². The van der Waals surface area contributed by atoms with Crippen molar-refractivity contribution in [1.29, 1.82) is 0 Å². The second kappa shape index (κ2) is 3.97. The molecule has 0 amide bonds. The summed E-state index contributed by atoms with van der Waals surface area (Å²) in [7, 11) is 0. The van der Waals surface area contributed by atoms with E-state index in [1.807, 2.05) is 0 Å². The number of nitrogens with zero attached hydrogens (tertiary/aromatic N) is 1. The highest BCUT2D eigenvalue weighted by molar-refractivity contribution is 9.10. The molecule has 13 heavy (non-hydrogen) atoms. The van der Waals surface area contributed by atoms with Crippen LogP contribution in [0.3, 0.4) is 0 Å². The summed E-state index contributed by atoms with van der Waals surface area (Å²) in [6.07, 6.45) is -2.66. The summed E-state index contributed by atoms with van der Waals surface area (Å²) < 4.78 is 24.7. The normalized spacial score (nSPS) is 10.8. The molecule has 0 aliphatic carbocycles. The lowest BCUT2D eigenvalue weighted by atomic mass is 10.2. The summed E-state index contributed by atoms with van der Waals surface area (Å²) in [6, 6.07) is 1.15. The highest BCUT2D eigenvalue weighted by atomic mass is 79.9. The first-order valence-electron chi connectivity index (χ1n) is 3.40. The number of aliphatic hydroxyl groups excluding tert-OH is 1. The average Bonchev–Trinajstić information content (AvgIpc) is 2.03. The maximum atomic E-state index is 12.2. The van der Waals surface area contributed by atoms with E-state index in [1.54, 1.807) is 0 Å². The van der Waals surface area contributed by atoms with Crippen LogP contribution in [0.2, 0.25) is 0 Å². The molecule has 0 saturated carbocycles. The monoisotopic (exact) mass is 252 g/mol. The first kappa shape index (κ1) is 10.3. The topological polar surface area (TPSA) is 59.1 Å². The summed E-state index contributed by atoms with van der Waals surface area (Å²) in [5.74, 6) is -0.0767. The molecule has 0 saturated heterocycles. The maximum absolute atomic E-state index is 12.2. The summed E-state index contributed by atoms with van der Waals surface area (Å²) in [5.41, 5.74) is 5.26. The SMILES string of the molecule is Nc1nc(C(F)F)cc(Br)c1CO. The Hall–Kier alpha value is -0.750. The molecule has 3 nitrogen and oxygen atoms in total. The standard InChI is InChI=1S/C7H7BrF2N2O/c8-4-1-5(6(9)10)12-7(11)3(4)2-13/h1,6,13H,2H2,(H2,11,12). The highest BCUT2D eigenvalue weighted by Crippen LogP contribution is 2.26. The van der Waals surface area contributed by atoms with Crippen LogP contribution in [0.5, 0.6) is 0 Å². The van der Waals surface area contributed by atoms with Crippen LogP contribution in [0, 0.1) is 0 Å². The second-order valence-electron chi connectivity index (χ2n) is 2.35. The molecule has 0 fully saturated rings. The van der Waals surface area contributed by atoms with Crippen LogP contribution in [-0.4, -0.2) is 10.1 Å². The van der Waals surface area contributed by atoms with Crippen LogP contribution < -0.4 is 5.73 Å². The Kier molecular flexibility index (Phi) is 3.16. The van der Waals surface area contributed by atoms with Crippen molar-refractivity contribution in [2.45, 2.75) is 13.0 Å². The largest absolute Gasteiger partial charge is 0.391 e. The summed E-state index contributed by atoms with van der Waals surface area (Å²) in [5, 5.41) is 8.79. The number of alkyl halides is 2. The van der Waals surface area contributed by atoms with Crippen molar-refractivity contribution >= 4 is 21.7 Å². The third-order valence-corrected chi connectivity index (χ3v) is 2.21. The van der Waals surface area contributed by atoms with Gasteiger partial charge in [0.05, 0.1) is 6.61 Å². The first-order valence-corrected chi connectivity index (χ1v) is 4.19. The van der Waals surface area contributed by atoms with Crippen LogP contribution in [0.25, 0.3) is 0 Å². The molecule has 0 aromatic carbocycles. The van der Waals surface area contributed by atoms with Gasteiger partial charge in [-0.25, -0.2) is 13.8 Å². The number of rotatable bonds is 2. The van der Waals surface area contributed by atoms with Gasteiger partial charge >= 0.3 is 0 Å². The molecule has 0 radical (unpaired) electrons. The molecule has 0 aliphatic rings. The number of hydrogen-bond donors (Lipinski definition) is 2. The molecule has 0 bridgehead atoms. The molecular formula is C7H7BrF2N2O. The lowest BCUT2D eigenvalue weighted by Gasteiger charge is -2.07. The Morgan fingerprint density at radius 2 is 2.23 bits per heavy atom. The molecule has 0 atom stereocenters. The fourth-order valence-corrected chi connectivity index (χ4v) is 1.41. The van der Waals surface area contributed by atoms with Gasteiger partial charge < -0.3 is 10.8 Å². The third-order valence-electron chi connectivity index (χ3n) is 1.50. The Labute approximate surface area is 81.7 Å². The van der Waals surface area contributed by atoms with Gasteiger partial charge in [0.25, 0.3) is 6.43 Å². The predicted molar refractivity (Wildman–Crippen MR) is 47.2 cm³/mol. The van der Waals surface area contributed by atoms with Gasteiger partial charge in [-0.3, -0.25) is 0 Å². The summed E-state index contributed by atoms with van der Waals surface area (Å²) in [6.45, 7) is -0.330. The summed E-state index contributed by atoms with van der Waals surface area (Å²) in [4.78, 5) is 3.44. The molecule has 0 unspecified atom stereocenters. The number of nitrogens with two attached hydrogens (primary N) is 1. The zero-order chi connectivity index (χ0) is 10.0. The minimum absolute atomic E-state index is 0.0767.